The molecule has 0 aliphatic carbocycles. The van der Waals surface area contributed by atoms with E-state index in [9.17, 15) is 8.78 Å². The Morgan fingerprint density at radius 3 is 2.44 bits per heavy atom. The summed E-state index contributed by atoms with van der Waals surface area (Å²) in [6.07, 6.45) is 0.943. The normalized spacial score (nSPS) is 26.2. The van der Waals surface area contributed by atoms with Gasteiger partial charge in [-0.2, -0.15) is 0 Å². The smallest absolute Gasteiger partial charge is 0.126 e. The molecule has 0 spiro atoms. The first-order valence-corrected chi connectivity index (χ1v) is 5.51. The molecule has 0 aromatic heterocycles. The maximum atomic E-state index is 13.0. The van der Waals surface area contributed by atoms with E-state index < -0.39 is 11.6 Å². The van der Waals surface area contributed by atoms with Crippen molar-refractivity contribution in [1.82, 2.24) is 4.90 Å². The highest BCUT2D eigenvalue weighted by molar-refractivity contribution is 5.18. The first kappa shape index (κ1) is 11.5. The quantitative estimate of drug-likeness (QED) is 0.834. The lowest BCUT2D eigenvalue weighted by Gasteiger charge is -2.22. The van der Waals surface area contributed by atoms with Gasteiger partial charge in [-0.15, -0.1) is 0 Å². The molecule has 16 heavy (non-hydrogen) atoms. The third kappa shape index (κ3) is 2.39. The summed E-state index contributed by atoms with van der Waals surface area (Å²) in [6, 6.07) is 4.08. The van der Waals surface area contributed by atoms with Gasteiger partial charge in [-0.3, -0.25) is 4.90 Å². The van der Waals surface area contributed by atoms with Gasteiger partial charge in [-0.1, -0.05) is 0 Å². The molecular formula is C12H16F2N2. The van der Waals surface area contributed by atoms with E-state index in [2.05, 4.69) is 4.90 Å². The minimum Gasteiger partial charge on any atom is -0.326 e. The van der Waals surface area contributed by atoms with Crippen LogP contribution in [0.15, 0.2) is 18.2 Å². The lowest BCUT2D eigenvalue weighted by molar-refractivity contribution is 0.251. The second-order valence-electron chi connectivity index (χ2n) is 4.44. The fraction of sp³-hybridized carbons (Fsp3) is 0.500. The van der Waals surface area contributed by atoms with Gasteiger partial charge >= 0.3 is 0 Å². The Labute approximate surface area is 94.0 Å². The molecule has 4 heteroatoms. The van der Waals surface area contributed by atoms with Gasteiger partial charge in [0.2, 0.25) is 0 Å². The third-order valence-electron chi connectivity index (χ3n) is 3.25. The molecule has 1 saturated heterocycles. The van der Waals surface area contributed by atoms with Crippen LogP contribution >= 0.6 is 0 Å². The largest absolute Gasteiger partial charge is 0.326 e. The van der Waals surface area contributed by atoms with Crippen LogP contribution in [0, 0.1) is 11.6 Å². The molecule has 1 aliphatic heterocycles. The van der Waals surface area contributed by atoms with Crippen LogP contribution in [0.5, 0.6) is 0 Å². The van der Waals surface area contributed by atoms with Crippen LogP contribution in [0.1, 0.15) is 18.9 Å². The van der Waals surface area contributed by atoms with Gasteiger partial charge < -0.3 is 5.73 Å². The SMILES string of the molecule is CC1C(N)CCN1Cc1cc(F)cc(F)c1. The first-order chi connectivity index (χ1) is 7.56. The van der Waals surface area contributed by atoms with E-state index in [4.69, 9.17) is 5.73 Å². The van der Waals surface area contributed by atoms with Crippen molar-refractivity contribution in [2.24, 2.45) is 5.73 Å². The Morgan fingerprint density at radius 2 is 1.94 bits per heavy atom. The summed E-state index contributed by atoms with van der Waals surface area (Å²) in [5, 5.41) is 0. The molecule has 2 nitrogen and oxygen atoms in total. The van der Waals surface area contributed by atoms with E-state index in [1.807, 2.05) is 6.92 Å². The third-order valence-corrected chi connectivity index (χ3v) is 3.25. The molecule has 1 aromatic carbocycles. The Morgan fingerprint density at radius 1 is 1.31 bits per heavy atom. The van der Waals surface area contributed by atoms with Crippen LogP contribution in [0.3, 0.4) is 0 Å². The van der Waals surface area contributed by atoms with Crippen LogP contribution in [-0.4, -0.2) is 23.5 Å². The van der Waals surface area contributed by atoms with Crippen LogP contribution in [0.4, 0.5) is 8.78 Å². The zero-order valence-corrected chi connectivity index (χ0v) is 9.29. The number of halogens is 2. The van der Waals surface area contributed by atoms with Gasteiger partial charge in [0.1, 0.15) is 11.6 Å². The van der Waals surface area contributed by atoms with Crippen molar-refractivity contribution in [2.75, 3.05) is 6.54 Å². The zero-order valence-electron chi connectivity index (χ0n) is 9.29. The summed E-state index contributed by atoms with van der Waals surface area (Å²) < 4.78 is 26.0. The van der Waals surface area contributed by atoms with E-state index in [0.29, 0.717) is 12.1 Å². The summed E-state index contributed by atoms with van der Waals surface area (Å²) in [5.41, 5.74) is 6.56. The highest BCUT2D eigenvalue weighted by atomic mass is 19.1. The average Bonchev–Trinajstić information content (AvgIpc) is 2.48. The number of nitrogens with two attached hydrogens (primary N) is 1. The number of hydrogen-bond acceptors (Lipinski definition) is 2. The van der Waals surface area contributed by atoms with Crippen LogP contribution in [-0.2, 0) is 6.54 Å². The van der Waals surface area contributed by atoms with Crippen molar-refractivity contribution in [2.45, 2.75) is 32.0 Å². The van der Waals surface area contributed by atoms with Gasteiger partial charge in [0.25, 0.3) is 0 Å². The average molecular weight is 226 g/mol. The summed E-state index contributed by atoms with van der Waals surface area (Å²) >= 11 is 0. The fourth-order valence-electron chi connectivity index (χ4n) is 2.19. The minimum absolute atomic E-state index is 0.165. The number of rotatable bonds is 2. The van der Waals surface area contributed by atoms with Gasteiger partial charge in [0.05, 0.1) is 0 Å². The maximum absolute atomic E-state index is 13.0. The number of likely N-dealkylation sites (tertiary alicyclic amines) is 1. The highest BCUT2D eigenvalue weighted by Crippen LogP contribution is 2.19. The maximum Gasteiger partial charge on any atom is 0.126 e. The van der Waals surface area contributed by atoms with Crippen molar-refractivity contribution in [3.63, 3.8) is 0 Å². The molecule has 2 atom stereocenters. The van der Waals surface area contributed by atoms with E-state index in [1.165, 1.54) is 12.1 Å². The zero-order chi connectivity index (χ0) is 11.7. The van der Waals surface area contributed by atoms with Gasteiger partial charge in [0.15, 0.2) is 0 Å². The first-order valence-electron chi connectivity index (χ1n) is 5.51. The summed E-state index contributed by atoms with van der Waals surface area (Å²) in [5.74, 6) is -1.04. The number of nitrogens with zero attached hydrogens (tertiary/aromatic N) is 1. The Bertz CT molecular complexity index is 361. The molecule has 1 heterocycles. The van der Waals surface area contributed by atoms with Gasteiger partial charge in [0, 0.05) is 31.2 Å². The van der Waals surface area contributed by atoms with E-state index in [1.54, 1.807) is 0 Å². The lowest BCUT2D eigenvalue weighted by Crippen LogP contribution is -2.36. The van der Waals surface area contributed by atoms with Crippen molar-refractivity contribution in [3.8, 4) is 0 Å². The van der Waals surface area contributed by atoms with Gasteiger partial charge in [-0.05, 0) is 31.0 Å². The molecule has 1 aliphatic rings. The molecule has 0 bridgehead atoms. The number of hydrogen-bond donors (Lipinski definition) is 1. The second-order valence-corrected chi connectivity index (χ2v) is 4.44. The van der Waals surface area contributed by atoms with Crippen LogP contribution < -0.4 is 5.73 Å². The molecule has 88 valence electrons. The van der Waals surface area contributed by atoms with Crippen molar-refractivity contribution in [1.29, 1.82) is 0 Å². The molecule has 2 N–H and O–H groups in total. The standard InChI is InChI=1S/C12H16F2N2/c1-8-12(15)2-3-16(8)7-9-4-10(13)6-11(14)5-9/h4-6,8,12H,2-3,7,15H2,1H3. The second kappa shape index (κ2) is 4.47. The topological polar surface area (TPSA) is 29.3 Å². The minimum atomic E-state index is -0.522. The number of benzene rings is 1. The molecule has 1 fully saturated rings. The van der Waals surface area contributed by atoms with E-state index in [0.717, 1.165) is 19.0 Å². The van der Waals surface area contributed by atoms with Crippen molar-refractivity contribution < 1.29 is 8.78 Å². The van der Waals surface area contributed by atoms with Crippen LogP contribution in [0.25, 0.3) is 0 Å². The van der Waals surface area contributed by atoms with Gasteiger partial charge in [-0.25, -0.2) is 8.78 Å². The summed E-state index contributed by atoms with van der Waals surface area (Å²) in [6.45, 7) is 3.50. The monoisotopic (exact) mass is 226 g/mol. The van der Waals surface area contributed by atoms with Crippen LogP contribution in [0.2, 0.25) is 0 Å². The van der Waals surface area contributed by atoms with Crippen molar-refractivity contribution in [3.05, 3.63) is 35.4 Å². The molecule has 2 rings (SSSR count). The fourth-order valence-corrected chi connectivity index (χ4v) is 2.19. The lowest BCUT2D eigenvalue weighted by atomic mass is 10.1. The Hall–Kier alpha value is -1.00. The van der Waals surface area contributed by atoms with Crippen molar-refractivity contribution >= 4 is 0 Å². The summed E-state index contributed by atoms with van der Waals surface area (Å²) in [7, 11) is 0. The molecular weight excluding hydrogens is 210 g/mol. The molecule has 0 amide bonds. The highest BCUT2D eigenvalue weighted by Gasteiger charge is 2.27. The predicted octanol–water partition coefficient (Wildman–Crippen LogP) is 1.89. The Kier molecular flexibility index (Phi) is 3.21. The van der Waals surface area contributed by atoms with E-state index >= 15 is 0 Å². The molecule has 1 aromatic rings. The summed E-state index contributed by atoms with van der Waals surface area (Å²) in [4.78, 5) is 2.15. The molecule has 0 radical (unpaired) electrons. The predicted molar refractivity (Wildman–Crippen MR) is 58.8 cm³/mol. The Balaban J connectivity index is 2.09. The van der Waals surface area contributed by atoms with E-state index in [-0.39, 0.29) is 12.1 Å². The molecule has 0 saturated carbocycles. The molecule has 2 unspecified atom stereocenters.